The van der Waals surface area contributed by atoms with Gasteiger partial charge in [0.15, 0.2) is 8.24 Å². The molecule has 0 spiro atoms. The second kappa shape index (κ2) is 3.73. The van der Waals surface area contributed by atoms with Gasteiger partial charge in [-0.15, -0.1) is 0 Å². The van der Waals surface area contributed by atoms with Crippen molar-refractivity contribution in [1.82, 2.24) is 4.73 Å². The van der Waals surface area contributed by atoms with Crippen LogP contribution < -0.4 is 0 Å². The lowest BCUT2D eigenvalue weighted by Crippen LogP contribution is -2.48. The van der Waals surface area contributed by atoms with Crippen LogP contribution in [-0.4, -0.2) is 30.8 Å². The van der Waals surface area contributed by atoms with Crippen molar-refractivity contribution in [3.8, 4) is 0 Å². The van der Waals surface area contributed by atoms with Crippen molar-refractivity contribution in [2.24, 2.45) is 0 Å². The average molecular weight is 177 g/mol. The molecule has 0 unspecified atom stereocenters. The van der Waals surface area contributed by atoms with E-state index >= 15 is 0 Å². The Bertz CT molecular complexity index is 143. The summed E-state index contributed by atoms with van der Waals surface area (Å²) >= 11 is 0. The minimum atomic E-state index is -1.86. The summed E-state index contributed by atoms with van der Waals surface area (Å²) in [6, 6.07) is 0. The van der Waals surface area contributed by atoms with Crippen LogP contribution in [0.15, 0.2) is 0 Å². The van der Waals surface area contributed by atoms with Gasteiger partial charge in [-0.25, -0.2) is 9.52 Å². The molecule has 0 aromatic carbocycles. The first-order valence-electron chi connectivity index (χ1n) is 3.55. The highest BCUT2D eigenvalue weighted by atomic mass is 28.3. The molecule has 0 radical (unpaired) electrons. The minimum absolute atomic E-state index is 0.399. The maximum atomic E-state index is 10.6. The van der Waals surface area contributed by atoms with Gasteiger partial charge in [0.1, 0.15) is 0 Å². The highest BCUT2D eigenvalue weighted by molar-refractivity contribution is 6.74. The second-order valence-corrected chi connectivity index (χ2v) is 7.91. The molecule has 1 amide bonds. The van der Waals surface area contributed by atoms with Crippen LogP contribution in [0.25, 0.3) is 0 Å². The van der Waals surface area contributed by atoms with Crippen LogP contribution in [0, 0.1) is 0 Å². The first-order valence-corrected chi connectivity index (χ1v) is 7.00. The zero-order chi connectivity index (χ0) is 9.07. The summed E-state index contributed by atoms with van der Waals surface area (Å²) in [6.45, 7) is 7.91. The van der Waals surface area contributed by atoms with Gasteiger partial charge in [-0.05, 0) is 26.6 Å². The molecule has 0 aliphatic heterocycles. The van der Waals surface area contributed by atoms with E-state index < -0.39 is 14.3 Å². The van der Waals surface area contributed by atoms with E-state index in [1.807, 2.05) is 19.6 Å². The number of hydrogen-bond acceptors (Lipinski definition) is 2. The Morgan fingerprint density at radius 3 is 2.09 bits per heavy atom. The van der Waals surface area contributed by atoms with Crippen molar-refractivity contribution < 1.29 is 14.7 Å². The quantitative estimate of drug-likeness (QED) is 0.528. The van der Waals surface area contributed by atoms with Crippen LogP contribution in [0.3, 0.4) is 0 Å². The fourth-order valence-electron chi connectivity index (χ4n) is 0.665. The lowest BCUT2D eigenvalue weighted by atomic mass is 10.9. The highest BCUT2D eigenvalue weighted by Gasteiger charge is 2.29. The third-order valence-electron chi connectivity index (χ3n) is 1.04. The Hall–Kier alpha value is -0.553. The van der Waals surface area contributed by atoms with Gasteiger partial charge in [0.2, 0.25) is 0 Å². The third kappa shape index (κ3) is 3.38. The van der Waals surface area contributed by atoms with E-state index in [4.69, 9.17) is 9.94 Å². The van der Waals surface area contributed by atoms with Crippen molar-refractivity contribution in [1.29, 1.82) is 0 Å². The summed E-state index contributed by atoms with van der Waals surface area (Å²) in [7, 11) is -1.86. The minimum Gasteiger partial charge on any atom is -0.464 e. The maximum absolute atomic E-state index is 10.6. The van der Waals surface area contributed by atoms with E-state index in [9.17, 15) is 4.79 Å². The van der Waals surface area contributed by atoms with Crippen LogP contribution in [0.1, 0.15) is 6.92 Å². The average Bonchev–Trinajstić information content (AvgIpc) is 1.79. The molecule has 0 aromatic rings. The van der Waals surface area contributed by atoms with Crippen LogP contribution in [0.4, 0.5) is 4.79 Å². The van der Waals surface area contributed by atoms with E-state index in [0.29, 0.717) is 6.61 Å². The van der Waals surface area contributed by atoms with Gasteiger partial charge in [0.05, 0.1) is 6.61 Å². The topological polar surface area (TPSA) is 49.8 Å². The van der Waals surface area contributed by atoms with Crippen LogP contribution >= 0.6 is 0 Å². The summed E-state index contributed by atoms with van der Waals surface area (Å²) in [5.74, 6) is 0. The SMILES string of the molecule is CCON(C(=O)O)[Si](C)(C)C. The number of rotatable bonds is 3. The Morgan fingerprint density at radius 2 is 2.00 bits per heavy atom. The normalized spacial score (nSPS) is 11.3. The molecule has 0 saturated carbocycles. The zero-order valence-corrected chi connectivity index (χ0v) is 8.42. The number of amides is 1. The van der Waals surface area contributed by atoms with Gasteiger partial charge in [0, 0.05) is 0 Å². The van der Waals surface area contributed by atoms with Gasteiger partial charge in [-0.2, -0.15) is 0 Å². The molecule has 0 aliphatic carbocycles. The monoisotopic (exact) mass is 177 g/mol. The van der Waals surface area contributed by atoms with E-state index in [1.54, 1.807) is 6.92 Å². The fraction of sp³-hybridized carbons (Fsp3) is 0.833. The molecule has 0 rings (SSSR count). The Morgan fingerprint density at radius 1 is 1.55 bits per heavy atom. The lowest BCUT2D eigenvalue weighted by Gasteiger charge is -2.29. The predicted octanol–water partition coefficient (Wildman–Crippen LogP) is 1.75. The third-order valence-corrected chi connectivity index (χ3v) is 2.58. The first-order chi connectivity index (χ1) is 4.89. The molecule has 0 saturated heterocycles. The Balaban J connectivity index is 4.22. The molecule has 5 heteroatoms. The van der Waals surface area contributed by atoms with Crippen molar-refractivity contribution >= 4 is 14.3 Å². The number of hydroxylamine groups is 1. The predicted molar refractivity (Wildman–Crippen MR) is 44.8 cm³/mol. The van der Waals surface area contributed by atoms with Crippen LogP contribution in [0.5, 0.6) is 0 Å². The van der Waals surface area contributed by atoms with Crippen LogP contribution in [-0.2, 0) is 4.84 Å². The molecule has 0 aliphatic rings. The van der Waals surface area contributed by atoms with Crippen molar-refractivity contribution in [2.75, 3.05) is 6.61 Å². The first kappa shape index (κ1) is 10.4. The molecule has 0 aromatic heterocycles. The maximum Gasteiger partial charge on any atom is 0.422 e. The molecule has 1 N–H and O–H groups in total. The molecule has 0 heterocycles. The van der Waals surface area contributed by atoms with Gasteiger partial charge >= 0.3 is 6.09 Å². The summed E-state index contributed by atoms with van der Waals surface area (Å²) in [4.78, 5) is 15.5. The van der Waals surface area contributed by atoms with Gasteiger partial charge in [-0.3, -0.25) is 4.84 Å². The molecule has 0 fully saturated rings. The van der Waals surface area contributed by atoms with E-state index in [2.05, 4.69) is 0 Å². The summed E-state index contributed by atoms with van der Waals surface area (Å²) in [5.41, 5.74) is 0. The lowest BCUT2D eigenvalue weighted by molar-refractivity contribution is -0.0678. The molecular weight excluding hydrogens is 162 g/mol. The smallest absolute Gasteiger partial charge is 0.422 e. The fourth-order valence-corrected chi connectivity index (χ4v) is 1.76. The van der Waals surface area contributed by atoms with E-state index in [1.165, 1.54) is 0 Å². The highest BCUT2D eigenvalue weighted by Crippen LogP contribution is 2.09. The Labute approximate surface area is 67.8 Å². The van der Waals surface area contributed by atoms with Crippen molar-refractivity contribution in [2.45, 2.75) is 26.6 Å². The standard InChI is InChI=1S/C6H15NO3Si/c1-5-10-7(6(8)9)11(2,3)4/h5H2,1-4H3,(H,8,9). The number of hydrogen-bond donors (Lipinski definition) is 1. The van der Waals surface area contributed by atoms with Crippen LogP contribution in [0.2, 0.25) is 19.6 Å². The van der Waals surface area contributed by atoms with Crippen molar-refractivity contribution in [3.05, 3.63) is 0 Å². The van der Waals surface area contributed by atoms with E-state index in [-0.39, 0.29) is 0 Å². The van der Waals surface area contributed by atoms with Gasteiger partial charge < -0.3 is 5.11 Å². The Kier molecular flexibility index (Phi) is 3.54. The number of nitrogens with zero attached hydrogens (tertiary/aromatic N) is 1. The van der Waals surface area contributed by atoms with Crippen molar-refractivity contribution in [3.63, 3.8) is 0 Å². The molecule has 66 valence electrons. The molecule has 0 bridgehead atoms. The second-order valence-electron chi connectivity index (χ2n) is 3.17. The molecule has 11 heavy (non-hydrogen) atoms. The summed E-state index contributed by atoms with van der Waals surface area (Å²) < 4.78 is 1.09. The van der Waals surface area contributed by atoms with Gasteiger partial charge in [0.25, 0.3) is 0 Å². The molecule has 0 atom stereocenters. The molecule has 4 nitrogen and oxygen atoms in total. The van der Waals surface area contributed by atoms with E-state index in [0.717, 1.165) is 4.73 Å². The number of carboxylic acid groups (broad SMARTS) is 1. The number of carbonyl (C=O) groups is 1. The van der Waals surface area contributed by atoms with Gasteiger partial charge in [-0.1, -0.05) is 0 Å². The summed E-state index contributed by atoms with van der Waals surface area (Å²) in [5, 5.41) is 8.68. The summed E-state index contributed by atoms with van der Waals surface area (Å²) in [6.07, 6.45) is -0.994. The largest absolute Gasteiger partial charge is 0.464 e. The molecular formula is C6H15NO3Si. The zero-order valence-electron chi connectivity index (χ0n) is 7.42.